The smallest absolute Gasteiger partial charge is 0.369 e. The number of rotatable bonds is 6. The van der Waals surface area contributed by atoms with Crippen LogP contribution in [0.5, 0.6) is 0 Å². The molecule has 5 rings (SSSR count). The molecule has 0 aromatic heterocycles. The highest BCUT2D eigenvalue weighted by Gasteiger charge is 2.55. The average Bonchev–Trinajstić information content (AvgIpc) is 3.79. The van der Waals surface area contributed by atoms with Crippen LogP contribution in [0.2, 0.25) is 0 Å². The van der Waals surface area contributed by atoms with Crippen LogP contribution < -0.4 is 10.2 Å². The first-order chi connectivity index (χ1) is 18.2. The summed E-state index contributed by atoms with van der Waals surface area (Å²) in [6.07, 6.45) is -3.20. The van der Waals surface area contributed by atoms with Crippen molar-refractivity contribution < 1.29 is 31.2 Å². The number of anilines is 1. The predicted octanol–water partition coefficient (Wildman–Crippen LogP) is 2.17. The van der Waals surface area contributed by atoms with Crippen LogP contribution in [-0.4, -0.2) is 86.6 Å². The summed E-state index contributed by atoms with van der Waals surface area (Å²) in [6, 6.07) is 4.13. The Hall–Kier alpha value is -2.85. The van der Waals surface area contributed by atoms with Crippen LogP contribution in [0.25, 0.3) is 0 Å². The zero-order chi connectivity index (χ0) is 28.4. The minimum Gasteiger partial charge on any atom is -0.369 e. The summed E-state index contributed by atoms with van der Waals surface area (Å²) >= 11 is 0. The number of hydrogen-bond donors (Lipinski definition) is 1. The number of nitriles is 1. The van der Waals surface area contributed by atoms with Crippen molar-refractivity contribution in [2.24, 2.45) is 5.41 Å². The topological polar surface area (TPSA) is 114 Å². The number of nitrogens with one attached hydrogen (secondary N) is 1. The molecule has 0 radical (unpaired) electrons. The lowest BCUT2D eigenvalue weighted by Crippen LogP contribution is -2.50. The van der Waals surface area contributed by atoms with E-state index in [4.69, 9.17) is 0 Å². The first-order valence-corrected chi connectivity index (χ1v) is 14.7. The third-order valence-electron chi connectivity index (χ3n) is 8.55. The Morgan fingerprint density at radius 1 is 1.10 bits per heavy atom. The van der Waals surface area contributed by atoms with Gasteiger partial charge in [0.05, 0.1) is 21.8 Å². The van der Waals surface area contributed by atoms with Gasteiger partial charge in [0, 0.05) is 43.8 Å². The summed E-state index contributed by atoms with van der Waals surface area (Å²) in [6.45, 7) is 3.71. The molecule has 4 fully saturated rings. The highest BCUT2D eigenvalue weighted by molar-refractivity contribution is 7.92. The second-order valence-corrected chi connectivity index (χ2v) is 13.8. The molecule has 2 amide bonds. The van der Waals surface area contributed by atoms with Gasteiger partial charge in [-0.1, -0.05) is 6.92 Å². The van der Waals surface area contributed by atoms with Crippen molar-refractivity contribution in [1.29, 1.82) is 5.26 Å². The van der Waals surface area contributed by atoms with Crippen molar-refractivity contribution in [3.05, 3.63) is 23.8 Å². The number of alkyl halides is 3. The highest BCUT2D eigenvalue weighted by atomic mass is 32.2. The Morgan fingerprint density at radius 3 is 2.28 bits per heavy atom. The Labute approximate surface area is 225 Å². The van der Waals surface area contributed by atoms with E-state index in [-0.39, 0.29) is 18.9 Å². The maximum Gasteiger partial charge on any atom is 0.417 e. The molecular formula is C26H32F3N5O4S. The molecule has 2 aliphatic heterocycles. The number of nitrogens with zero attached hydrogens (tertiary/aromatic N) is 4. The monoisotopic (exact) mass is 567 g/mol. The van der Waals surface area contributed by atoms with Crippen LogP contribution in [0, 0.1) is 16.7 Å². The van der Waals surface area contributed by atoms with Gasteiger partial charge < -0.3 is 20.0 Å². The minimum absolute atomic E-state index is 0.294. The molecular weight excluding hydrogens is 535 g/mol. The van der Waals surface area contributed by atoms with Crippen molar-refractivity contribution in [1.82, 2.24) is 15.1 Å². The number of piperazine rings is 1. The second kappa shape index (κ2) is 9.37. The van der Waals surface area contributed by atoms with Crippen LogP contribution in [0.1, 0.15) is 44.6 Å². The van der Waals surface area contributed by atoms with Gasteiger partial charge in [-0.2, -0.15) is 18.4 Å². The van der Waals surface area contributed by atoms with Crippen molar-refractivity contribution in [3.63, 3.8) is 0 Å². The number of amides is 2. The molecule has 212 valence electrons. The number of hydrogen-bond acceptors (Lipinski definition) is 7. The molecule has 2 saturated heterocycles. The molecule has 2 heterocycles. The van der Waals surface area contributed by atoms with E-state index in [2.05, 4.69) is 10.2 Å². The Bertz CT molecular complexity index is 1330. The van der Waals surface area contributed by atoms with E-state index >= 15 is 0 Å². The van der Waals surface area contributed by atoms with Crippen LogP contribution in [0.3, 0.4) is 0 Å². The first-order valence-electron chi connectivity index (χ1n) is 13.1. The van der Waals surface area contributed by atoms with Crippen molar-refractivity contribution in [2.45, 2.75) is 66.9 Å². The molecule has 0 bridgehead atoms. The number of likely N-dealkylation sites (N-methyl/N-ethyl adjacent to an activating group) is 1. The molecule has 2 aliphatic carbocycles. The van der Waals surface area contributed by atoms with Crippen molar-refractivity contribution >= 4 is 27.3 Å². The average molecular weight is 568 g/mol. The predicted molar refractivity (Wildman–Crippen MR) is 135 cm³/mol. The molecule has 1 N–H and O–H groups in total. The summed E-state index contributed by atoms with van der Waals surface area (Å²) in [5.74, 6) is -1.03. The van der Waals surface area contributed by atoms with Gasteiger partial charge in [-0.3, -0.25) is 9.59 Å². The Morgan fingerprint density at radius 2 is 1.74 bits per heavy atom. The number of sulfone groups is 1. The van der Waals surface area contributed by atoms with Crippen LogP contribution in [-0.2, 0) is 25.6 Å². The van der Waals surface area contributed by atoms with Crippen LogP contribution in [0.15, 0.2) is 23.1 Å². The van der Waals surface area contributed by atoms with Gasteiger partial charge in [-0.15, -0.1) is 0 Å². The summed E-state index contributed by atoms with van der Waals surface area (Å²) < 4.78 is 70.2. The third kappa shape index (κ3) is 5.20. The van der Waals surface area contributed by atoms with Gasteiger partial charge in [-0.25, -0.2) is 8.42 Å². The minimum atomic E-state index is -4.93. The third-order valence-corrected chi connectivity index (χ3v) is 10.7. The molecule has 1 aromatic carbocycles. The van der Waals surface area contributed by atoms with E-state index in [9.17, 15) is 36.4 Å². The fraction of sp³-hybridized carbons (Fsp3) is 0.654. The highest BCUT2D eigenvalue weighted by Crippen LogP contribution is 2.48. The lowest BCUT2D eigenvalue weighted by Gasteiger charge is -2.34. The van der Waals surface area contributed by atoms with E-state index in [1.165, 1.54) is 11.0 Å². The molecule has 0 unspecified atom stereocenters. The normalized spacial score (nSPS) is 26.2. The van der Waals surface area contributed by atoms with E-state index in [0.717, 1.165) is 12.1 Å². The molecule has 2 saturated carbocycles. The van der Waals surface area contributed by atoms with Gasteiger partial charge in [0.2, 0.25) is 11.8 Å². The Kier molecular flexibility index (Phi) is 6.66. The van der Waals surface area contributed by atoms with Gasteiger partial charge in [0.25, 0.3) is 0 Å². The van der Waals surface area contributed by atoms with Gasteiger partial charge in [-0.05, 0) is 57.4 Å². The zero-order valence-electron chi connectivity index (χ0n) is 21.9. The lowest BCUT2D eigenvalue weighted by molar-refractivity contribution is -0.142. The summed E-state index contributed by atoms with van der Waals surface area (Å²) in [7, 11) is -2.66. The van der Waals surface area contributed by atoms with Crippen LogP contribution >= 0.6 is 0 Å². The van der Waals surface area contributed by atoms with Crippen LogP contribution in [0.4, 0.5) is 18.9 Å². The molecule has 13 heteroatoms. The summed E-state index contributed by atoms with van der Waals surface area (Å²) in [5.41, 5.74) is -2.71. The second-order valence-electron chi connectivity index (χ2n) is 11.6. The zero-order valence-corrected chi connectivity index (χ0v) is 22.7. The summed E-state index contributed by atoms with van der Waals surface area (Å²) in [4.78, 5) is 30.6. The molecule has 2 atom stereocenters. The molecule has 4 aliphatic rings. The summed E-state index contributed by atoms with van der Waals surface area (Å²) in [5, 5.41) is 10.6. The van der Waals surface area contributed by atoms with E-state index in [1.807, 2.05) is 13.1 Å². The van der Waals surface area contributed by atoms with Gasteiger partial charge in [0.15, 0.2) is 9.84 Å². The van der Waals surface area contributed by atoms with Crippen molar-refractivity contribution in [2.75, 3.05) is 44.7 Å². The maximum atomic E-state index is 14.2. The Balaban J connectivity index is 1.46. The molecule has 9 nitrogen and oxygen atoms in total. The lowest BCUT2D eigenvalue weighted by atomic mass is 10.1. The van der Waals surface area contributed by atoms with E-state index in [0.29, 0.717) is 57.5 Å². The fourth-order valence-corrected chi connectivity index (χ4v) is 7.27. The number of likely N-dealkylation sites (tertiary alicyclic amines) is 1. The number of benzene rings is 1. The SMILES string of the molecule is CN1CCN(c2ccc(S(=O)(=O)[C@@H]3C[C@@H](C(=O)NC4(C#N)CC4)N(C(=O)C4(C)CC4)C3)c(C(F)(F)F)c2)CC1. The van der Waals surface area contributed by atoms with E-state index < -0.39 is 54.6 Å². The van der Waals surface area contributed by atoms with Gasteiger partial charge in [0.1, 0.15) is 11.6 Å². The largest absolute Gasteiger partial charge is 0.417 e. The first kappa shape index (κ1) is 27.7. The molecule has 1 aromatic rings. The number of carbonyl (C=O) groups is 2. The van der Waals surface area contributed by atoms with Gasteiger partial charge >= 0.3 is 6.18 Å². The maximum absolute atomic E-state index is 14.2. The van der Waals surface area contributed by atoms with Crippen molar-refractivity contribution in [3.8, 4) is 6.07 Å². The van der Waals surface area contributed by atoms with E-state index in [1.54, 1.807) is 11.8 Å². The molecule has 39 heavy (non-hydrogen) atoms. The fourth-order valence-electron chi connectivity index (χ4n) is 5.38. The standard InChI is InChI=1S/C26H32F3N5O4S/c1-24(5-6-24)23(36)34-15-18(14-20(34)22(35)31-25(16-30)7-8-25)39(37,38)21-4-3-17(13-19(21)26(27,28)29)33-11-9-32(2)10-12-33/h3-4,13,18,20H,5-12,14-15H2,1-2H3,(H,31,35)/t18-,20+/m1/s1. The number of halogens is 3. The quantitative estimate of drug-likeness (QED) is 0.561. The molecule has 0 spiro atoms. The number of carbonyl (C=O) groups excluding carboxylic acids is 2.